The topological polar surface area (TPSA) is 104 Å². The normalized spacial score (nSPS) is 20.6. The van der Waals surface area contributed by atoms with Crippen LogP contribution in [0.5, 0.6) is 5.75 Å². The molecule has 1 aliphatic rings. The number of nitrogens with one attached hydrogen (secondary N) is 2. The van der Waals surface area contributed by atoms with E-state index in [0.29, 0.717) is 17.9 Å². The van der Waals surface area contributed by atoms with E-state index in [2.05, 4.69) is 10.6 Å². The highest BCUT2D eigenvalue weighted by molar-refractivity contribution is 5.74. The number of ether oxygens (including phenoxy) is 2. The van der Waals surface area contributed by atoms with Gasteiger partial charge in [0.05, 0.1) is 38.0 Å². The van der Waals surface area contributed by atoms with Gasteiger partial charge in [0.25, 0.3) is 0 Å². The summed E-state index contributed by atoms with van der Waals surface area (Å²) in [4.78, 5) is 11.7. The van der Waals surface area contributed by atoms with Gasteiger partial charge in [-0.05, 0) is 17.7 Å². The van der Waals surface area contributed by atoms with E-state index in [4.69, 9.17) is 14.7 Å². The number of carbonyl (C=O) groups excluding carboxylic acids is 1. The molecule has 21 heavy (non-hydrogen) atoms. The largest absolute Gasteiger partial charge is 0.495 e. The number of urea groups is 1. The summed E-state index contributed by atoms with van der Waals surface area (Å²) in [6.45, 7) is 0.828. The minimum absolute atomic E-state index is 0.234. The molecule has 7 nitrogen and oxygen atoms in total. The quantitative estimate of drug-likeness (QED) is 0.731. The number of hydrogen-bond donors (Lipinski definition) is 3. The zero-order chi connectivity index (χ0) is 15.2. The molecule has 1 aromatic carbocycles. The van der Waals surface area contributed by atoms with Gasteiger partial charge in [0.15, 0.2) is 0 Å². The van der Waals surface area contributed by atoms with Crippen molar-refractivity contribution in [3.05, 3.63) is 29.3 Å². The first-order valence-electron chi connectivity index (χ1n) is 6.51. The Bertz CT molecular complexity index is 556. The number of methoxy groups -OCH3 is 1. The van der Waals surface area contributed by atoms with Crippen LogP contribution < -0.4 is 15.4 Å². The summed E-state index contributed by atoms with van der Waals surface area (Å²) >= 11 is 0. The molecule has 2 amide bonds. The number of benzene rings is 1. The molecule has 0 unspecified atom stereocenters. The summed E-state index contributed by atoms with van der Waals surface area (Å²) < 4.78 is 10.2. The van der Waals surface area contributed by atoms with Gasteiger partial charge < -0.3 is 25.2 Å². The molecule has 0 spiro atoms. The summed E-state index contributed by atoms with van der Waals surface area (Å²) in [6.07, 6.45) is -0.675. The molecule has 1 aliphatic heterocycles. The second-order valence-electron chi connectivity index (χ2n) is 4.68. The summed E-state index contributed by atoms with van der Waals surface area (Å²) in [5.74, 6) is 0.469. The number of aliphatic hydroxyl groups is 1. The maximum atomic E-state index is 11.7. The number of carbonyl (C=O) groups is 1. The molecule has 1 fully saturated rings. The molecule has 2 atom stereocenters. The minimum atomic E-state index is -0.675. The maximum absolute atomic E-state index is 11.7. The summed E-state index contributed by atoms with van der Waals surface area (Å²) in [6, 6.07) is 6.34. The van der Waals surface area contributed by atoms with E-state index in [9.17, 15) is 9.90 Å². The molecule has 1 aromatic rings. The Morgan fingerprint density at radius 1 is 1.57 bits per heavy atom. The third-order valence-electron chi connectivity index (χ3n) is 3.21. The van der Waals surface area contributed by atoms with Crippen molar-refractivity contribution in [2.75, 3.05) is 20.3 Å². The Balaban J connectivity index is 1.88. The fraction of sp³-hybridized carbons (Fsp3) is 0.429. The van der Waals surface area contributed by atoms with Gasteiger partial charge in [-0.2, -0.15) is 5.26 Å². The summed E-state index contributed by atoms with van der Waals surface area (Å²) in [5.41, 5.74) is 1.25. The first kappa shape index (κ1) is 15.1. The summed E-state index contributed by atoms with van der Waals surface area (Å²) in [7, 11) is 1.49. The fourth-order valence-electron chi connectivity index (χ4n) is 2.02. The lowest BCUT2D eigenvalue weighted by molar-refractivity contribution is 0.122. The molecule has 0 bridgehead atoms. The molecule has 0 radical (unpaired) electrons. The van der Waals surface area contributed by atoms with Crippen molar-refractivity contribution in [1.82, 2.24) is 10.6 Å². The Morgan fingerprint density at radius 3 is 3.00 bits per heavy atom. The van der Waals surface area contributed by atoms with E-state index in [1.807, 2.05) is 6.07 Å². The third kappa shape index (κ3) is 3.84. The Labute approximate surface area is 122 Å². The lowest BCUT2D eigenvalue weighted by Crippen LogP contribution is -2.47. The number of rotatable bonds is 4. The van der Waals surface area contributed by atoms with Crippen LogP contribution in [0.15, 0.2) is 18.2 Å². The first-order valence-corrected chi connectivity index (χ1v) is 6.51. The van der Waals surface area contributed by atoms with Gasteiger partial charge in [0, 0.05) is 6.54 Å². The van der Waals surface area contributed by atoms with E-state index in [0.717, 1.165) is 5.56 Å². The molecule has 1 saturated heterocycles. The van der Waals surface area contributed by atoms with E-state index >= 15 is 0 Å². The highest BCUT2D eigenvalue weighted by Gasteiger charge is 2.27. The van der Waals surface area contributed by atoms with Crippen LogP contribution in [0, 0.1) is 11.3 Å². The molecule has 7 heteroatoms. The molecule has 0 aromatic heterocycles. The lowest BCUT2D eigenvalue weighted by atomic mass is 10.1. The molecule has 2 rings (SSSR count). The van der Waals surface area contributed by atoms with Gasteiger partial charge in [-0.25, -0.2) is 4.79 Å². The van der Waals surface area contributed by atoms with Gasteiger partial charge in [0.1, 0.15) is 11.8 Å². The number of aliphatic hydroxyl groups excluding tert-OH is 1. The Hall–Kier alpha value is -2.30. The van der Waals surface area contributed by atoms with E-state index in [-0.39, 0.29) is 25.2 Å². The number of amides is 2. The molecular formula is C14H17N3O4. The van der Waals surface area contributed by atoms with Gasteiger partial charge in [-0.3, -0.25) is 0 Å². The van der Waals surface area contributed by atoms with Crippen LogP contribution in [0.2, 0.25) is 0 Å². The monoisotopic (exact) mass is 291 g/mol. The van der Waals surface area contributed by atoms with Crippen LogP contribution in [0.3, 0.4) is 0 Å². The molecular weight excluding hydrogens is 274 g/mol. The lowest BCUT2D eigenvalue weighted by Gasteiger charge is -2.15. The van der Waals surface area contributed by atoms with Crippen molar-refractivity contribution < 1.29 is 19.4 Å². The van der Waals surface area contributed by atoms with Crippen molar-refractivity contribution >= 4 is 6.03 Å². The number of hydrogen-bond acceptors (Lipinski definition) is 5. The predicted octanol–water partition coefficient (Wildman–Crippen LogP) is 0.126. The Kier molecular flexibility index (Phi) is 4.98. The zero-order valence-electron chi connectivity index (χ0n) is 11.6. The molecule has 0 aliphatic carbocycles. The zero-order valence-corrected chi connectivity index (χ0v) is 11.6. The minimum Gasteiger partial charge on any atom is -0.495 e. The SMILES string of the molecule is COc1cc(CNC(=O)N[C@@H]2COC[C@H]2O)ccc1C#N. The van der Waals surface area contributed by atoms with Gasteiger partial charge >= 0.3 is 6.03 Å². The highest BCUT2D eigenvalue weighted by atomic mass is 16.5. The number of nitriles is 1. The van der Waals surface area contributed by atoms with Crippen molar-refractivity contribution in [2.45, 2.75) is 18.7 Å². The average Bonchev–Trinajstić information content (AvgIpc) is 2.90. The highest BCUT2D eigenvalue weighted by Crippen LogP contribution is 2.19. The van der Waals surface area contributed by atoms with Crippen molar-refractivity contribution in [3.63, 3.8) is 0 Å². The first-order chi connectivity index (χ1) is 10.1. The van der Waals surface area contributed by atoms with Gasteiger partial charge in [0.2, 0.25) is 0 Å². The van der Waals surface area contributed by atoms with Crippen LogP contribution >= 0.6 is 0 Å². The van der Waals surface area contributed by atoms with Crippen molar-refractivity contribution in [1.29, 1.82) is 5.26 Å². The molecule has 1 heterocycles. The second-order valence-corrected chi connectivity index (χ2v) is 4.68. The van der Waals surface area contributed by atoms with Gasteiger partial charge in [-0.1, -0.05) is 6.07 Å². The van der Waals surface area contributed by atoms with Crippen LogP contribution in [-0.4, -0.2) is 43.6 Å². The molecule has 3 N–H and O–H groups in total. The predicted molar refractivity (Wildman–Crippen MR) is 73.7 cm³/mol. The van der Waals surface area contributed by atoms with E-state index < -0.39 is 6.10 Å². The maximum Gasteiger partial charge on any atom is 0.315 e. The second kappa shape index (κ2) is 6.92. The third-order valence-corrected chi connectivity index (χ3v) is 3.21. The summed E-state index contributed by atoms with van der Waals surface area (Å²) in [5, 5.41) is 23.8. The van der Waals surface area contributed by atoms with Crippen LogP contribution in [0.4, 0.5) is 4.79 Å². The van der Waals surface area contributed by atoms with Gasteiger partial charge in [-0.15, -0.1) is 0 Å². The number of nitrogens with zero attached hydrogens (tertiary/aromatic N) is 1. The molecule has 112 valence electrons. The smallest absolute Gasteiger partial charge is 0.315 e. The van der Waals surface area contributed by atoms with Crippen LogP contribution in [0.25, 0.3) is 0 Å². The van der Waals surface area contributed by atoms with E-state index in [1.54, 1.807) is 18.2 Å². The van der Waals surface area contributed by atoms with Crippen molar-refractivity contribution in [3.8, 4) is 11.8 Å². The average molecular weight is 291 g/mol. The van der Waals surface area contributed by atoms with Crippen LogP contribution in [0.1, 0.15) is 11.1 Å². The molecule has 0 saturated carbocycles. The van der Waals surface area contributed by atoms with Crippen molar-refractivity contribution in [2.24, 2.45) is 0 Å². The van der Waals surface area contributed by atoms with E-state index in [1.165, 1.54) is 7.11 Å². The Morgan fingerprint density at radius 2 is 2.38 bits per heavy atom. The standard InChI is InChI=1S/C14H17N3O4/c1-20-13-4-9(2-3-10(13)5-15)6-16-14(19)17-11-7-21-8-12(11)18/h2-4,11-12,18H,6-8H2,1H3,(H2,16,17,19)/t11-,12-/m1/s1. The van der Waals surface area contributed by atoms with Crippen LogP contribution in [-0.2, 0) is 11.3 Å². The fourth-order valence-corrected chi connectivity index (χ4v) is 2.02.